The smallest absolute Gasteiger partial charge is 0.120 e. The maximum atomic E-state index is 4.91. The molecule has 0 aliphatic carbocycles. The van der Waals surface area contributed by atoms with Crippen molar-refractivity contribution in [1.82, 2.24) is 35.5 Å². The first-order chi connectivity index (χ1) is 15.7. The van der Waals surface area contributed by atoms with Gasteiger partial charge in [-0.15, -0.1) is 0 Å². The summed E-state index contributed by atoms with van der Waals surface area (Å²) in [6.45, 7) is 3.82. The van der Waals surface area contributed by atoms with Gasteiger partial charge in [-0.05, 0) is 48.9 Å². The molecule has 7 heteroatoms. The highest BCUT2D eigenvalue weighted by molar-refractivity contribution is 5.84. The number of hydrogen-bond donors (Lipinski definition) is 2. The number of nitrogens with one attached hydrogen (secondary N) is 2. The van der Waals surface area contributed by atoms with Crippen LogP contribution in [0.25, 0.3) is 44.9 Å². The molecule has 5 aromatic heterocycles. The fourth-order valence-electron chi connectivity index (χ4n) is 4.15. The molecule has 0 spiro atoms. The molecule has 0 saturated carbocycles. The van der Waals surface area contributed by atoms with Gasteiger partial charge < -0.3 is 5.32 Å². The molecule has 7 nitrogen and oxygen atoms in total. The third kappa shape index (κ3) is 3.33. The first-order valence-corrected chi connectivity index (χ1v) is 10.7. The lowest BCUT2D eigenvalue weighted by Gasteiger charge is -2.16. The van der Waals surface area contributed by atoms with Crippen LogP contribution < -0.4 is 5.32 Å². The average Bonchev–Trinajstić information content (AvgIpc) is 3.33. The van der Waals surface area contributed by atoms with E-state index in [1.54, 1.807) is 0 Å². The molecule has 0 atom stereocenters. The fourth-order valence-corrected chi connectivity index (χ4v) is 4.15. The van der Waals surface area contributed by atoms with Crippen LogP contribution in [0.2, 0.25) is 0 Å². The van der Waals surface area contributed by atoms with Crippen LogP contribution in [0.5, 0.6) is 0 Å². The maximum absolute atomic E-state index is 4.91. The summed E-state index contributed by atoms with van der Waals surface area (Å²) < 4.78 is 0. The number of aromatic nitrogens is 6. The largest absolute Gasteiger partial charge is 0.312 e. The summed E-state index contributed by atoms with van der Waals surface area (Å²) in [5, 5.41) is 10.8. The number of H-pyrrole nitrogens is 1. The molecule has 6 heterocycles. The normalized spacial score (nSPS) is 13.3. The van der Waals surface area contributed by atoms with Crippen LogP contribution in [0.4, 0.5) is 0 Å². The van der Waals surface area contributed by atoms with Crippen LogP contribution in [0.15, 0.2) is 60.9 Å². The number of hydrogen-bond acceptors (Lipinski definition) is 6. The number of nitrogens with zero attached hydrogens (tertiary/aromatic N) is 5. The summed E-state index contributed by atoms with van der Waals surface area (Å²) in [5.41, 5.74) is 10.3. The zero-order chi connectivity index (χ0) is 21.5. The van der Waals surface area contributed by atoms with Gasteiger partial charge >= 0.3 is 0 Å². The summed E-state index contributed by atoms with van der Waals surface area (Å²) in [6, 6.07) is 16.2. The van der Waals surface area contributed by atoms with Gasteiger partial charge in [-0.3, -0.25) is 20.1 Å². The van der Waals surface area contributed by atoms with Crippen molar-refractivity contribution in [2.75, 3.05) is 6.54 Å². The maximum Gasteiger partial charge on any atom is 0.120 e. The Balaban J connectivity index is 1.42. The molecular formula is C25H21N7. The zero-order valence-electron chi connectivity index (χ0n) is 17.6. The molecule has 156 valence electrons. The van der Waals surface area contributed by atoms with Gasteiger partial charge in [0.2, 0.25) is 0 Å². The standard InChI is InChI=1S/C25H21N7/c1-15-3-2-4-23(29-15)25-18(14-28-32-25)21-7-8-22-24(31-21)11-17(13-27-22)19-6-5-16-12-26-10-9-20(16)30-19/h2-8,11,13-14,26H,9-10,12H2,1H3,(H,28,32). The Morgan fingerprint density at radius 2 is 1.81 bits per heavy atom. The topological polar surface area (TPSA) is 92.3 Å². The van der Waals surface area contributed by atoms with E-state index >= 15 is 0 Å². The minimum Gasteiger partial charge on any atom is -0.312 e. The lowest BCUT2D eigenvalue weighted by atomic mass is 10.0. The van der Waals surface area contributed by atoms with E-state index in [-0.39, 0.29) is 0 Å². The predicted molar refractivity (Wildman–Crippen MR) is 124 cm³/mol. The second kappa shape index (κ2) is 7.62. The Kier molecular flexibility index (Phi) is 4.47. The second-order valence-electron chi connectivity index (χ2n) is 8.00. The predicted octanol–water partition coefficient (Wildman–Crippen LogP) is 4.10. The van der Waals surface area contributed by atoms with E-state index in [9.17, 15) is 0 Å². The highest BCUT2D eigenvalue weighted by Crippen LogP contribution is 2.30. The van der Waals surface area contributed by atoms with Crippen molar-refractivity contribution in [1.29, 1.82) is 0 Å². The van der Waals surface area contributed by atoms with E-state index in [4.69, 9.17) is 9.97 Å². The molecular weight excluding hydrogens is 398 g/mol. The Morgan fingerprint density at radius 3 is 2.75 bits per heavy atom. The van der Waals surface area contributed by atoms with Crippen molar-refractivity contribution in [2.24, 2.45) is 0 Å². The molecule has 6 rings (SSSR count). The van der Waals surface area contributed by atoms with Crippen molar-refractivity contribution in [3.05, 3.63) is 77.9 Å². The Labute approximate surface area is 185 Å². The minimum absolute atomic E-state index is 0.787. The van der Waals surface area contributed by atoms with Crippen molar-refractivity contribution >= 4 is 11.0 Å². The van der Waals surface area contributed by atoms with E-state index in [1.165, 1.54) is 5.56 Å². The molecule has 0 bridgehead atoms. The number of aromatic amines is 1. The highest BCUT2D eigenvalue weighted by Gasteiger charge is 2.15. The quantitative estimate of drug-likeness (QED) is 0.457. The summed E-state index contributed by atoms with van der Waals surface area (Å²) >= 11 is 0. The molecule has 0 saturated heterocycles. The number of fused-ring (bicyclic) bond motifs is 2. The Morgan fingerprint density at radius 1 is 0.875 bits per heavy atom. The Bertz CT molecular complexity index is 1450. The van der Waals surface area contributed by atoms with Crippen molar-refractivity contribution in [3.8, 4) is 33.9 Å². The molecule has 0 amide bonds. The van der Waals surface area contributed by atoms with Crippen molar-refractivity contribution in [2.45, 2.75) is 19.9 Å². The van der Waals surface area contributed by atoms with Crippen molar-refractivity contribution < 1.29 is 0 Å². The average molecular weight is 419 g/mol. The zero-order valence-corrected chi connectivity index (χ0v) is 17.6. The van der Waals surface area contributed by atoms with Gasteiger partial charge in [-0.2, -0.15) is 5.10 Å². The molecule has 0 unspecified atom stereocenters. The van der Waals surface area contributed by atoms with Crippen LogP contribution >= 0.6 is 0 Å². The molecule has 5 aromatic rings. The molecule has 32 heavy (non-hydrogen) atoms. The molecule has 0 fully saturated rings. The van der Waals surface area contributed by atoms with Gasteiger partial charge in [-0.1, -0.05) is 12.1 Å². The molecule has 0 aromatic carbocycles. The first kappa shape index (κ1) is 18.8. The van der Waals surface area contributed by atoms with Crippen LogP contribution in [0.3, 0.4) is 0 Å². The molecule has 1 aliphatic rings. The first-order valence-electron chi connectivity index (χ1n) is 10.7. The third-order valence-corrected chi connectivity index (χ3v) is 5.80. The van der Waals surface area contributed by atoms with Gasteiger partial charge in [-0.25, -0.2) is 4.98 Å². The van der Waals surface area contributed by atoms with E-state index in [2.05, 4.69) is 43.7 Å². The summed E-state index contributed by atoms with van der Waals surface area (Å²) in [4.78, 5) is 19.1. The third-order valence-electron chi connectivity index (χ3n) is 5.80. The molecule has 2 N–H and O–H groups in total. The van der Waals surface area contributed by atoms with E-state index < -0.39 is 0 Å². The Hall–Kier alpha value is -3.97. The van der Waals surface area contributed by atoms with E-state index in [1.807, 2.05) is 49.6 Å². The van der Waals surface area contributed by atoms with E-state index in [0.717, 1.165) is 75.8 Å². The van der Waals surface area contributed by atoms with Gasteiger partial charge in [0, 0.05) is 54.4 Å². The van der Waals surface area contributed by atoms with Crippen molar-refractivity contribution in [3.63, 3.8) is 0 Å². The highest BCUT2D eigenvalue weighted by atomic mass is 15.1. The van der Waals surface area contributed by atoms with Gasteiger partial charge in [0.25, 0.3) is 0 Å². The van der Waals surface area contributed by atoms with Gasteiger partial charge in [0.15, 0.2) is 0 Å². The monoisotopic (exact) mass is 419 g/mol. The SMILES string of the molecule is Cc1cccc(-c2n[nH]cc2-c2ccc3ncc(-c4ccc5c(n4)CCNC5)cc3n2)n1. The van der Waals surface area contributed by atoms with Crippen LogP contribution in [0, 0.1) is 6.92 Å². The van der Waals surface area contributed by atoms with E-state index in [0.29, 0.717) is 0 Å². The van der Waals surface area contributed by atoms with Crippen LogP contribution in [-0.4, -0.2) is 36.7 Å². The summed E-state index contributed by atoms with van der Waals surface area (Å²) in [7, 11) is 0. The van der Waals surface area contributed by atoms with Gasteiger partial charge in [0.1, 0.15) is 5.69 Å². The number of pyridine rings is 4. The number of rotatable bonds is 3. The molecule has 0 radical (unpaired) electrons. The second-order valence-corrected chi connectivity index (χ2v) is 8.00. The van der Waals surface area contributed by atoms with Crippen LogP contribution in [-0.2, 0) is 13.0 Å². The molecule has 1 aliphatic heterocycles. The lowest BCUT2D eigenvalue weighted by molar-refractivity contribution is 0.631. The van der Waals surface area contributed by atoms with Gasteiger partial charge in [0.05, 0.1) is 28.1 Å². The summed E-state index contributed by atoms with van der Waals surface area (Å²) in [6.07, 6.45) is 4.69. The van der Waals surface area contributed by atoms with Crippen LogP contribution in [0.1, 0.15) is 17.0 Å². The lowest BCUT2D eigenvalue weighted by Crippen LogP contribution is -2.24. The minimum atomic E-state index is 0.787. The fraction of sp³-hybridized carbons (Fsp3) is 0.160. The summed E-state index contributed by atoms with van der Waals surface area (Å²) in [5.74, 6) is 0. The number of aryl methyl sites for hydroxylation is 1.